The zero-order valence-corrected chi connectivity index (χ0v) is 9.77. The largest absolute Gasteiger partial charge is 0.384 e. The van der Waals surface area contributed by atoms with Crippen molar-refractivity contribution in [1.29, 1.82) is 0 Å². The van der Waals surface area contributed by atoms with E-state index in [0.717, 1.165) is 19.3 Å². The van der Waals surface area contributed by atoms with Gasteiger partial charge in [0.2, 0.25) is 0 Å². The molecule has 88 valence electrons. The summed E-state index contributed by atoms with van der Waals surface area (Å²) in [5.41, 5.74) is 0.684. The third kappa shape index (κ3) is 1.85. The lowest BCUT2D eigenvalue weighted by molar-refractivity contribution is 0.0739. The molecule has 2 atom stereocenters. The van der Waals surface area contributed by atoms with E-state index in [9.17, 15) is 4.79 Å². The van der Waals surface area contributed by atoms with Crippen LogP contribution in [0.2, 0.25) is 0 Å². The number of rotatable bonds is 3. The van der Waals surface area contributed by atoms with Gasteiger partial charge in [-0.3, -0.25) is 4.79 Å². The average molecular weight is 222 g/mol. The summed E-state index contributed by atoms with van der Waals surface area (Å²) in [7, 11) is 3.49. The molecule has 1 aliphatic carbocycles. The molecule has 1 fully saturated rings. The van der Waals surface area contributed by atoms with E-state index < -0.39 is 0 Å². The van der Waals surface area contributed by atoms with Crippen molar-refractivity contribution in [3.8, 4) is 0 Å². The van der Waals surface area contributed by atoms with Crippen LogP contribution in [0.25, 0.3) is 0 Å². The molecule has 0 bridgehead atoms. The molecule has 1 N–H and O–H groups in total. The predicted molar refractivity (Wildman–Crippen MR) is 63.9 cm³/mol. The molecule has 0 amide bonds. The van der Waals surface area contributed by atoms with E-state index in [4.69, 9.17) is 4.74 Å². The van der Waals surface area contributed by atoms with Crippen molar-refractivity contribution in [3.63, 3.8) is 0 Å². The molecule has 0 unspecified atom stereocenters. The average Bonchev–Trinajstić information content (AvgIpc) is 2.77. The fourth-order valence-corrected chi connectivity index (χ4v) is 2.46. The summed E-state index contributed by atoms with van der Waals surface area (Å²) in [6.07, 6.45) is 5.21. The summed E-state index contributed by atoms with van der Waals surface area (Å²) in [5.74, 6) is 0. The second kappa shape index (κ2) is 4.70. The van der Waals surface area contributed by atoms with Crippen LogP contribution in [0.1, 0.15) is 25.3 Å². The van der Waals surface area contributed by atoms with E-state index in [1.54, 1.807) is 24.8 Å². The van der Waals surface area contributed by atoms with Gasteiger partial charge in [-0.25, -0.2) is 0 Å². The molecule has 0 radical (unpaired) electrons. The van der Waals surface area contributed by atoms with Crippen LogP contribution < -0.4 is 10.9 Å². The van der Waals surface area contributed by atoms with Crippen molar-refractivity contribution in [3.05, 3.63) is 28.7 Å². The van der Waals surface area contributed by atoms with Gasteiger partial charge >= 0.3 is 0 Å². The van der Waals surface area contributed by atoms with Crippen LogP contribution in [0.3, 0.4) is 0 Å². The zero-order chi connectivity index (χ0) is 11.5. The van der Waals surface area contributed by atoms with E-state index in [1.165, 1.54) is 0 Å². The summed E-state index contributed by atoms with van der Waals surface area (Å²) in [6, 6.07) is 3.89. The first kappa shape index (κ1) is 11.2. The second-order valence-corrected chi connectivity index (χ2v) is 4.16. The Morgan fingerprint density at radius 1 is 1.50 bits per heavy atom. The van der Waals surface area contributed by atoms with Gasteiger partial charge < -0.3 is 14.6 Å². The highest BCUT2D eigenvalue weighted by Gasteiger charge is 2.29. The van der Waals surface area contributed by atoms with Crippen molar-refractivity contribution in [2.45, 2.75) is 31.4 Å². The molecule has 4 heteroatoms. The van der Waals surface area contributed by atoms with Gasteiger partial charge in [-0.15, -0.1) is 0 Å². The Kier molecular flexibility index (Phi) is 3.29. The SMILES string of the molecule is CNc1cccn([C@@H]2CCC[C@@H]2OC)c1=O. The van der Waals surface area contributed by atoms with E-state index in [2.05, 4.69) is 5.32 Å². The molecule has 0 saturated heterocycles. The lowest BCUT2D eigenvalue weighted by Gasteiger charge is -2.21. The maximum Gasteiger partial charge on any atom is 0.274 e. The topological polar surface area (TPSA) is 43.3 Å². The molecule has 1 aromatic rings. The van der Waals surface area contributed by atoms with Crippen LogP contribution in [-0.2, 0) is 4.74 Å². The summed E-state index contributed by atoms with van der Waals surface area (Å²) in [5, 5.41) is 2.92. The first-order valence-electron chi connectivity index (χ1n) is 5.69. The molecule has 0 aliphatic heterocycles. The molecule has 1 saturated carbocycles. The molecule has 2 rings (SSSR count). The number of nitrogens with zero attached hydrogens (tertiary/aromatic N) is 1. The molecule has 16 heavy (non-hydrogen) atoms. The third-order valence-electron chi connectivity index (χ3n) is 3.32. The monoisotopic (exact) mass is 222 g/mol. The zero-order valence-electron chi connectivity index (χ0n) is 9.77. The summed E-state index contributed by atoms with van der Waals surface area (Å²) >= 11 is 0. The Morgan fingerprint density at radius 3 is 3.00 bits per heavy atom. The summed E-state index contributed by atoms with van der Waals surface area (Å²) in [6.45, 7) is 0. The molecule has 1 heterocycles. The Balaban J connectivity index is 2.36. The number of hydrogen-bond acceptors (Lipinski definition) is 3. The Labute approximate surface area is 95.2 Å². The van der Waals surface area contributed by atoms with E-state index >= 15 is 0 Å². The van der Waals surface area contributed by atoms with Crippen molar-refractivity contribution in [2.24, 2.45) is 0 Å². The fourth-order valence-electron chi connectivity index (χ4n) is 2.46. The highest BCUT2D eigenvalue weighted by molar-refractivity contribution is 5.39. The van der Waals surface area contributed by atoms with Gasteiger partial charge in [0.15, 0.2) is 0 Å². The Bertz CT molecular complexity index is 414. The predicted octanol–water partition coefficient (Wildman–Crippen LogP) is 1.63. The molecule has 4 nitrogen and oxygen atoms in total. The second-order valence-electron chi connectivity index (χ2n) is 4.16. The fraction of sp³-hybridized carbons (Fsp3) is 0.583. The number of hydrogen-bond donors (Lipinski definition) is 1. The van der Waals surface area contributed by atoms with Gasteiger partial charge in [0.25, 0.3) is 5.56 Å². The van der Waals surface area contributed by atoms with Crippen LogP contribution in [-0.4, -0.2) is 24.8 Å². The van der Waals surface area contributed by atoms with Crippen LogP contribution in [0.15, 0.2) is 23.1 Å². The number of ether oxygens (including phenoxy) is 1. The van der Waals surface area contributed by atoms with Crippen molar-refractivity contribution >= 4 is 5.69 Å². The third-order valence-corrected chi connectivity index (χ3v) is 3.32. The maximum atomic E-state index is 12.1. The molecule has 1 aliphatic rings. The van der Waals surface area contributed by atoms with Crippen LogP contribution >= 0.6 is 0 Å². The quantitative estimate of drug-likeness (QED) is 0.845. The van der Waals surface area contributed by atoms with Crippen molar-refractivity contribution in [1.82, 2.24) is 4.57 Å². The molecular weight excluding hydrogens is 204 g/mol. The van der Waals surface area contributed by atoms with E-state index in [-0.39, 0.29) is 17.7 Å². The van der Waals surface area contributed by atoms with Gasteiger partial charge in [-0.05, 0) is 31.4 Å². The lowest BCUT2D eigenvalue weighted by atomic mass is 10.2. The molecular formula is C12H18N2O2. The number of aromatic nitrogens is 1. The minimum absolute atomic E-state index is 0.0407. The van der Waals surface area contributed by atoms with Crippen LogP contribution in [0.4, 0.5) is 5.69 Å². The number of methoxy groups -OCH3 is 1. The van der Waals surface area contributed by atoms with Crippen molar-refractivity contribution < 1.29 is 4.74 Å². The Morgan fingerprint density at radius 2 is 2.31 bits per heavy atom. The highest BCUT2D eigenvalue weighted by Crippen LogP contribution is 2.31. The van der Waals surface area contributed by atoms with Gasteiger partial charge in [0, 0.05) is 20.4 Å². The minimum atomic E-state index is 0.0407. The summed E-state index contributed by atoms with van der Waals surface area (Å²) in [4.78, 5) is 12.1. The molecule has 0 spiro atoms. The van der Waals surface area contributed by atoms with Gasteiger partial charge in [0.05, 0.1) is 12.1 Å². The van der Waals surface area contributed by atoms with E-state index in [1.807, 2.05) is 12.3 Å². The first-order chi connectivity index (χ1) is 7.77. The van der Waals surface area contributed by atoms with Gasteiger partial charge in [-0.2, -0.15) is 0 Å². The molecule has 0 aromatic carbocycles. The lowest BCUT2D eigenvalue weighted by Crippen LogP contribution is -2.30. The number of anilines is 1. The van der Waals surface area contributed by atoms with E-state index in [0.29, 0.717) is 5.69 Å². The minimum Gasteiger partial charge on any atom is -0.384 e. The van der Waals surface area contributed by atoms with Gasteiger partial charge in [-0.1, -0.05) is 0 Å². The smallest absolute Gasteiger partial charge is 0.274 e. The standard InChI is InChI=1S/C12H18N2O2/c1-13-9-5-4-8-14(12(9)15)10-6-3-7-11(10)16-2/h4-5,8,10-11,13H,3,6-7H2,1-2H3/t10-,11+/m1/s1. The normalized spacial score (nSPS) is 24.6. The number of nitrogens with one attached hydrogen (secondary N) is 1. The maximum absolute atomic E-state index is 12.1. The first-order valence-corrected chi connectivity index (χ1v) is 5.69. The van der Waals surface area contributed by atoms with Crippen molar-refractivity contribution in [2.75, 3.05) is 19.5 Å². The molecule has 1 aromatic heterocycles. The summed E-state index contributed by atoms with van der Waals surface area (Å²) < 4.78 is 7.23. The van der Waals surface area contributed by atoms with Crippen LogP contribution in [0, 0.1) is 0 Å². The number of pyridine rings is 1. The van der Waals surface area contributed by atoms with Crippen LogP contribution in [0.5, 0.6) is 0 Å². The highest BCUT2D eigenvalue weighted by atomic mass is 16.5. The van der Waals surface area contributed by atoms with Gasteiger partial charge in [0.1, 0.15) is 5.69 Å². The Hall–Kier alpha value is -1.29.